The van der Waals surface area contributed by atoms with Crippen LogP contribution >= 0.6 is 0 Å². The van der Waals surface area contributed by atoms with Gasteiger partial charge in [-0.1, -0.05) is 19.3 Å². The summed E-state index contributed by atoms with van der Waals surface area (Å²) in [7, 11) is 0. The standard InChI is InChI=1S/C22H28N2O5/c25-8-19-14-13-15(19)21(10-27)17(19)20(14,9-26)22(13,21)7-24-6-12(16(28)23-18(24)29)11-4-2-1-3-5-11/h6,11,13-15,17,25-27H,1-5,7-10H2,(H,23,28,29). The molecule has 0 radical (unpaired) electrons. The second-order valence-corrected chi connectivity index (χ2v) is 10.9. The molecule has 1 heterocycles. The van der Waals surface area contributed by atoms with Crippen LogP contribution in [0.5, 0.6) is 0 Å². The number of nitrogens with zero attached hydrogens (tertiary/aromatic N) is 1. The third kappa shape index (κ3) is 1.22. The summed E-state index contributed by atoms with van der Waals surface area (Å²) in [5.41, 5.74) is -0.768. The highest BCUT2D eigenvalue weighted by atomic mass is 16.3. The summed E-state index contributed by atoms with van der Waals surface area (Å²) in [6, 6.07) is 0. The quantitative estimate of drug-likeness (QED) is 0.538. The van der Waals surface area contributed by atoms with Crippen LogP contribution in [0.2, 0.25) is 0 Å². The number of H-pyrrole nitrogens is 1. The number of rotatable bonds is 6. The van der Waals surface area contributed by atoms with Crippen molar-refractivity contribution in [3.8, 4) is 0 Å². The molecule has 0 bridgehead atoms. The third-order valence-corrected chi connectivity index (χ3v) is 11.1. The molecule has 7 nitrogen and oxygen atoms in total. The maximum atomic E-state index is 12.7. The number of aromatic nitrogens is 2. The van der Waals surface area contributed by atoms with Gasteiger partial charge < -0.3 is 15.3 Å². The van der Waals surface area contributed by atoms with Gasteiger partial charge in [0, 0.05) is 59.8 Å². The average molecular weight is 400 g/mol. The van der Waals surface area contributed by atoms with Crippen molar-refractivity contribution in [3.63, 3.8) is 0 Å². The number of aliphatic hydroxyl groups is 3. The Morgan fingerprint density at radius 3 is 2.24 bits per heavy atom. The van der Waals surface area contributed by atoms with E-state index in [1.165, 1.54) is 6.42 Å². The molecule has 1 aromatic heterocycles. The monoisotopic (exact) mass is 400 g/mol. The number of aromatic amines is 1. The normalized spacial score (nSPS) is 52.5. The van der Waals surface area contributed by atoms with Crippen LogP contribution in [0.4, 0.5) is 0 Å². The molecule has 7 aliphatic rings. The Morgan fingerprint density at radius 2 is 1.66 bits per heavy atom. The highest BCUT2D eigenvalue weighted by Gasteiger charge is 3.19. The van der Waals surface area contributed by atoms with E-state index < -0.39 is 0 Å². The first-order chi connectivity index (χ1) is 14.0. The molecular weight excluding hydrogens is 372 g/mol. The predicted molar refractivity (Wildman–Crippen MR) is 102 cm³/mol. The van der Waals surface area contributed by atoms with Crippen LogP contribution in [0.3, 0.4) is 0 Å². The van der Waals surface area contributed by atoms with E-state index in [4.69, 9.17) is 0 Å². The first-order valence-electron chi connectivity index (χ1n) is 11.2. The Morgan fingerprint density at radius 1 is 1.00 bits per heavy atom. The lowest BCUT2D eigenvalue weighted by atomic mass is 8.84. The summed E-state index contributed by atoms with van der Waals surface area (Å²) in [6.07, 6.45) is 7.18. The van der Waals surface area contributed by atoms with Gasteiger partial charge in [0.2, 0.25) is 0 Å². The predicted octanol–water partition coefficient (Wildman–Crippen LogP) is 0.0396. The van der Waals surface area contributed by atoms with Gasteiger partial charge in [0.15, 0.2) is 0 Å². The summed E-state index contributed by atoms with van der Waals surface area (Å²) in [4.78, 5) is 27.7. The minimum atomic E-state index is -0.388. The molecule has 156 valence electrons. The Bertz CT molecular complexity index is 1030. The van der Waals surface area contributed by atoms with Crippen molar-refractivity contribution < 1.29 is 15.3 Å². The summed E-state index contributed by atoms with van der Waals surface area (Å²) >= 11 is 0. The summed E-state index contributed by atoms with van der Waals surface area (Å²) < 4.78 is 1.66. The summed E-state index contributed by atoms with van der Waals surface area (Å²) in [6.45, 7) is 0.720. The zero-order valence-corrected chi connectivity index (χ0v) is 16.4. The molecule has 7 heteroatoms. The van der Waals surface area contributed by atoms with Crippen molar-refractivity contribution in [2.75, 3.05) is 19.8 Å². The zero-order valence-electron chi connectivity index (χ0n) is 16.4. The van der Waals surface area contributed by atoms with Gasteiger partial charge in [0.05, 0.1) is 0 Å². The van der Waals surface area contributed by atoms with Crippen molar-refractivity contribution in [1.29, 1.82) is 0 Å². The first-order valence-corrected chi connectivity index (χ1v) is 11.2. The first kappa shape index (κ1) is 17.3. The topological polar surface area (TPSA) is 116 Å². The molecular formula is C22H28N2O5. The van der Waals surface area contributed by atoms with E-state index in [2.05, 4.69) is 4.98 Å². The molecule has 8 rings (SSSR count). The van der Waals surface area contributed by atoms with Crippen molar-refractivity contribution in [2.24, 2.45) is 45.3 Å². The molecule has 4 unspecified atom stereocenters. The lowest BCUT2D eigenvalue weighted by Crippen LogP contribution is -3.20. The van der Waals surface area contributed by atoms with Gasteiger partial charge in [0.1, 0.15) is 0 Å². The fourth-order valence-corrected chi connectivity index (χ4v) is 10.9. The molecule has 1 aromatic rings. The van der Waals surface area contributed by atoms with Crippen molar-refractivity contribution >= 4 is 0 Å². The van der Waals surface area contributed by atoms with E-state index in [-0.39, 0.29) is 64.6 Å². The summed E-state index contributed by atoms with van der Waals surface area (Å²) in [5, 5.41) is 30.7. The van der Waals surface area contributed by atoms with E-state index in [1.807, 2.05) is 0 Å². The van der Waals surface area contributed by atoms with Crippen LogP contribution in [-0.4, -0.2) is 44.7 Å². The molecule has 4 atom stereocenters. The number of hydrogen-bond donors (Lipinski definition) is 4. The van der Waals surface area contributed by atoms with Crippen LogP contribution in [0.1, 0.15) is 43.6 Å². The SMILES string of the molecule is O=c1[nH]c(=O)n(CC23C4C5C6(CO)C4C2(CO)C6C53CO)cc1C1CCCCC1. The van der Waals surface area contributed by atoms with Gasteiger partial charge in [-0.3, -0.25) is 14.3 Å². The lowest BCUT2D eigenvalue weighted by molar-refractivity contribution is -0.748. The summed E-state index contributed by atoms with van der Waals surface area (Å²) in [5.74, 6) is 1.45. The Labute approximate surface area is 167 Å². The average Bonchev–Trinajstić information content (AvgIpc) is 2.75. The largest absolute Gasteiger partial charge is 0.396 e. The molecule has 29 heavy (non-hydrogen) atoms. The van der Waals surface area contributed by atoms with Gasteiger partial charge in [-0.05, 0) is 42.4 Å². The second-order valence-electron chi connectivity index (χ2n) is 10.9. The molecule has 0 spiro atoms. The smallest absolute Gasteiger partial charge is 0.328 e. The Hall–Kier alpha value is -1.44. The fourth-order valence-electron chi connectivity index (χ4n) is 10.9. The third-order valence-electron chi connectivity index (χ3n) is 11.1. The van der Waals surface area contributed by atoms with Crippen molar-refractivity contribution in [3.05, 3.63) is 32.6 Å². The highest BCUT2D eigenvalue weighted by molar-refractivity contribution is 5.64. The maximum Gasteiger partial charge on any atom is 0.328 e. The van der Waals surface area contributed by atoms with E-state index in [0.29, 0.717) is 29.9 Å². The molecule has 7 fully saturated rings. The molecule has 0 amide bonds. The van der Waals surface area contributed by atoms with Gasteiger partial charge in [-0.15, -0.1) is 0 Å². The van der Waals surface area contributed by atoms with Crippen LogP contribution < -0.4 is 11.2 Å². The number of hydrogen-bond acceptors (Lipinski definition) is 5. The minimum absolute atomic E-state index is 0.0582. The minimum Gasteiger partial charge on any atom is -0.396 e. The van der Waals surface area contributed by atoms with Crippen molar-refractivity contribution in [1.82, 2.24) is 9.55 Å². The lowest BCUT2D eigenvalue weighted by Gasteiger charge is -3.19. The number of aliphatic hydroxyl groups excluding tert-OH is 3. The highest BCUT2D eigenvalue weighted by Crippen LogP contribution is 3.18. The van der Waals surface area contributed by atoms with Gasteiger partial charge in [-0.25, -0.2) is 4.79 Å². The van der Waals surface area contributed by atoms with E-state index in [9.17, 15) is 24.9 Å². The number of nitrogens with one attached hydrogen (secondary N) is 1. The Kier molecular flexibility index (Phi) is 2.82. The van der Waals surface area contributed by atoms with Gasteiger partial charge >= 0.3 is 5.69 Å². The van der Waals surface area contributed by atoms with Crippen LogP contribution in [-0.2, 0) is 6.54 Å². The maximum absolute atomic E-state index is 12.7. The van der Waals surface area contributed by atoms with Crippen LogP contribution in [0, 0.1) is 45.3 Å². The molecule has 0 aliphatic heterocycles. The Balaban J connectivity index is 1.29. The van der Waals surface area contributed by atoms with Gasteiger partial charge in [0.25, 0.3) is 5.56 Å². The zero-order chi connectivity index (χ0) is 20.0. The second kappa shape index (κ2) is 4.73. The van der Waals surface area contributed by atoms with Crippen molar-refractivity contribution in [2.45, 2.75) is 44.6 Å². The molecule has 7 aliphatic carbocycles. The van der Waals surface area contributed by atoms with Crippen LogP contribution in [0.15, 0.2) is 15.8 Å². The van der Waals surface area contributed by atoms with E-state index in [0.717, 1.165) is 25.7 Å². The van der Waals surface area contributed by atoms with E-state index >= 15 is 0 Å². The molecule has 0 saturated heterocycles. The van der Waals surface area contributed by atoms with Gasteiger partial charge in [-0.2, -0.15) is 0 Å². The van der Waals surface area contributed by atoms with E-state index in [1.54, 1.807) is 10.8 Å². The fraction of sp³-hybridized carbons (Fsp3) is 0.818. The van der Waals surface area contributed by atoms with Crippen LogP contribution in [0.25, 0.3) is 0 Å². The molecule has 4 N–H and O–H groups in total. The molecule has 7 saturated carbocycles. The molecule has 0 aromatic carbocycles.